The highest BCUT2D eigenvalue weighted by molar-refractivity contribution is 8.03. The minimum absolute atomic E-state index is 0.0845. The fourth-order valence-electron chi connectivity index (χ4n) is 0.397. The lowest BCUT2D eigenvalue weighted by molar-refractivity contribution is 0.322. The molecule has 9 heavy (non-hydrogen) atoms. The van der Waals surface area contributed by atoms with Crippen molar-refractivity contribution >= 4 is 11.8 Å². The van der Waals surface area contributed by atoms with E-state index in [0.717, 1.165) is 4.91 Å². The molecule has 0 bridgehead atoms. The van der Waals surface area contributed by atoms with E-state index in [1.807, 2.05) is 13.0 Å². The second-order valence-corrected chi connectivity index (χ2v) is 2.71. The maximum absolute atomic E-state index is 8.58. The van der Waals surface area contributed by atoms with Crippen molar-refractivity contribution in [2.75, 3.05) is 19.0 Å². The molecule has 0 aromatic rings. The summed E-state index contributed by atoms with van der Waals surface area (Å²) in [7, 11) is 0. The third-order valence-electron chi connectivity index (χ3n) is 0.857. The maximum Gasteiger partial charge on any atom is 0.0737 e. The van der Waals surface area contributed by atoms with Gasteiger partial charge < -0.3 is 10.2 Å². The van der Waals surface area contributed by atoms with E-state index in [2.05, 4.69) is 0 Å². The zero-order valence-corrected chi connectivity index (χ0v) is 6.32. The van der Waals surface area contributed by atoms with Crippen LogP contribution in [-0.4, -0.2) is 29.2 Å². The average molecular weight is 148 g/mol. The fraction of sp³-hybridized carbons (Fsp3) is 0.667. The lowest BCUT2D eigenvalue weighted by Gasteiger charge is -1.98. The second-order valence-electron chi connectivity index (χ2n) is 1.49. The summed E-state index contributed by atoms with van der Waals surface area (Å²) in [6.45, 7) is 2.12. The van der Waals surface area contributed by atoms with E-state index in [9.17, 15) is 0 Å². The molecule has 0 saturated carbocycles. The van der Waals surface area contributed by atoms with Crippen LogP contribution >= 0.6 is 11.8 Å². The van der Waals surface area contributed by atoms with E-state index >= 15 is 0 Å². The van der Waals surface area contributed by atoms with Crippen molar-refractivity contribution in [3.8, 4) is 0 Å². The van der Waals surface area contributed by atoms with Crippen LogP contribution in [0, 0.1) is 0 Å². The van der Waals surface area contributed by atoms with Crippen molar-refractivity contribution in [2.24, 2.45) is 0 Å². The Morgan fingerprint density at radius 1 is 1.56 bits per heavy atom. The van der Waals surface area contributed by atoms with Gasteiger partial charge in [0.15, 0.2) is 0 Å². The molecule has 0 aliphatic heterocycles. The first-order valence-electron chi connectivity index (χ1n) is 2.84. The first-order chi connectivity index (χ1) is 4.35. The van der Waals surface area contributed by atoms with Crippen molar-refractivity contribution in [2.45, 2.75) is 6.92 Å². The Labute approximate surface area is 59.6 Å². The summed E-state index contributed by atoms with van der Waals surface area (Å²) in [5.41, 5.74) is 0. The van der Waals surface area contributed by atoms with E-state index in [-0.39, 0.29) is 13.2 Å². The lowest BCUT2D eigenvalue weighted by Crippen LogP contribution is -1.90. The van der Waals surface area contributed by atoms with E-state index in [4.69, 9.17) is 10.2 Å². The molecule has 0 radical (unpaired) electrons. The van der Waals surface area contributed by atoms with Gasteiger partial charge in [0, 0.05) is 10.7 Å². The van der Waals surface area contributed by atoms with Gasteiger partial charge in [0.2, 0.25) is 0 Å². The number of aliphatic hydroxyl groups excluding tert-OH is 2. The standard InChI is InChI=1S/C6H12O2S/c1-2-6(5-8)9-4-3-7/h2,7-8H,3-5H2,1H3. The molecule has 0 aromatic carbocycles. The van der Waals surface area contributed by atoms with Crippen LogP contribution in [0.3, 0.4) is 0 Å². The Kier molecular flexibility index (Phi) is 6.14. The highest BCUT2D eigenvalue weighted by Gasteiger charge is 1.91. The van der Waals surface area contributed by atoms with Gasteiger partial charge in [-0.1, -0.05) is 6.08 Å². The molecular formula is C6H12O2S. The highest BCUT2D eigenvalue weighted by atomic mass is 32.2. The molecule has 0 rings (SSSR count). The van der Waals surface area contributed by atoms with Crippen molar-refractivity contribution < 1.29 is 10.2 Å². The van der Waals surface area contributed by atoms with Crippen molar-refractivity contribution in [3.05, 3.63) is 11.0 Å². The number of aliphatic hydroxyl groups is 2. The molecule has 0 aliphatic carbocycles. The number of rotatable bonds is 4. The molecule has 0 amide bonds. The van der Waals surface area contributed by atoms with Crippen LogP contribution in [0.25, 0.3) is 0 Å². The van der Waals surface area contributed by atoms with Gasteiger partial charge in [-0.25, -0.2) is 0 Å². The molecule has 0 saturated heterocycles. The molecular weight excluding hydrogens is 136 g/mol. The molecule has 3 heteroatoms. The average Bonchev–Trinajstić information content (AvgIpc) is 1.91. The van der Waals surface area contributed by atoms with Gasteiger partial charge in [0.25, 0.3) is 0 Å². The van der Waals surface area contributed by atoms with Gasteiger partial charge in [0.1, 0.15) is 0 Å². The van der Waals surface area contributed by atoms with Crippen LogP contribution in [0.15, 0.2) is 11.0 Å². The van der Waals surface area contributed by atoms with Crippen molar-refractivity contribution in [1.29, 1.82) is 0 Å². The molecule has 0 heterocycles. The summed E-state index contributed by atoms with van der Waals surface area (Å²) < 4.78 is 0. The Hall–Kier alpha value is 0.01000. The van der Waals surface area contributed by atoms with Gasteiger partial charge in [-0.3, -0.25) is 0 Å². The lowest BCUT2D eigenvalue weighted by atomic mass is 10.5. The van der Waals surface area contributed by atoms with Crippen molar-refractivity contribution in [3.63, 3.8) is 0 Å². The summed E-state index contributed by atoms with van der Waals surface area (Å²) in [4.78, 5) is 0.920. The predicted octanol–water partition coefficient (Wildman–Crippen LogP) is 0.608. The molecule has 0 aromatic heterocycles. The minimum Gasteiger partial charge on any atom is -0.396 e. The normalized spacial score (nSPS) is 12.1. The molecule has 0 aliphatic rings. The fourth-order valence-corrected chi connectivity index (χ4v) is 1.01. The zero-order valence-electron chi connectivity index (χ0n) is 5.50. The Morgan fingerprint density at radius 3 is 2.56 bits per heavy atom. The van der Waals surface area contributed by atoms with Crippen LogP contribution in [0.1, 0.15) is 6.92 Å². The molecule has 0 fully saturated rings. The van der Waals surface area contributed by atoms with Gasteiger partial charge in [-0.15, -0.1) is 11.8 Å². The molecule has 54 valence electrons. The Balaban J connectivity index is 3.33. The topological polar surface area (TPSA) is 40.5 Å². The summed E-state index contributed by atoms with van der Waals surface area (Å²) in [6.07, 6.45) is 1.85. The first kappa shape index (κ1) is 9.01. The van der Waals surface area contributed by atoms with Crippen LogP contribution in [-0.2, 0) is 0 Å². The van der Waals surface area contributed by atoms with Crippen LogP contribution in [0.2, 0.25) is 0 Å². The largest absolute Gasteiger partial charge is 0.396 e. The van der Waals surface area contributed by atoms with E-state index in [1.54, 1.807) is 0 Å². The molecule has 0 atom stereocenters. The van der Waals surface area contributed by atoms with Crippen LogP contribution in [0.5, 0.6) is 0 Å². The Bertz CT molecular complexity index is 91.1. The van der Waals surface area contributed by atoms with Gasteiger partial charge in [-0.2, -0.15) is 0 Å². The molecule has 2 N–H and O–H groups in total. The van der Waals surface area contributed by atoms with Gasteiger partial charge in [0.05, 0.1) is 13.2 Å². The van der Waals surface area contributed by atoms with E-state index in [0.29, 0.717) is 5.75 Å². The maximum atomic E-state index is 8.58. The predicted molar refractivity (Wildman–Crippen MR) is 40.4 cm³/mol. The second kappa shape index (κ2) is 6.13. The SMILES string of the molecule is CC=C(CO)SCCO. The van der Waals surface area contributed by atoms with E-state index in [1.165, 1.54) is 11.8 Å². The molecule has 2 nitrogen and oxygen atoms in total. The van der Waals surface area contributed by atoms with Crippen molar-refractivity contribution in [1.82, 2.24) is 0 Å². The highest BCUT2D eigenvalue weighted by Crippen LogP contribution is 2.12. The minimum atomic E-state index is 0.0845. The number of thioether (sulfide) groups is 1. The Morgan fingerprint density at radius 2 is 2.22 bits per heavy atom. The molecule has 0 spiro atoms. The van der Waals surface area contributed by atoms with Gasteiger partial charge >= 0.3 is 0 Å². The van der Waals surface area contributed by atoms with Gasteiger partial charge in [-0.05, 0) is 6.92 Å². The summed E-state index contributed by atoms with van der Waals surface area (Å²) >= 11 is 1.48. The third-order valence-corrected chi connectivity index (χ3v) is 1.98. The zero-order chi connectivity index (χ0) is 7.11. The number of hydrogen-bond acceptors (Lipinski definition) is 3. The summed E-state index contributed by atoms with van der Waals surface area (Å²) in [5, 5.41) is 17.0. The first-order valence-corrected chi connectivity index (χ1v) is 3.83. The summed E-state index contributed by atoms with van der Waals surface area (Å²) in [6, 6.07) is 0. The van der Waals surface area contributed by atoms with Crippen LogP contribution < -0.4 is 0 Å². The smallest absolute Gasteiger partial charge is 0.0737 e. The van der Waals surface area contributed by atoms with E-state index < -0.39 is 0 Å². The number of hydrogen-bond donors (Lipinski definition) is 2. The van der Waals surface area contributed by atoms with Crippen LogP contribution in [0.4, 0.5) is 0 Å². The molecule has 0 unspecified atom stereocenters. The number of allylic oxidation sites excluding steroid dienone is 1. The quantitative estimate of drug-likeness (QED) is 0.613. The monoisotopic (exact) mass is 148 g/mol. The third kappa shape index (κ3) is 4.51. The summed E-state index contributed by atoms with van der Waals surface area (Å²) in [5.74, 6) is 0.667.